The van der Waals surface area contributed by atoms with Gasteiger partial charge in [0, 0.05) is 17.8 Å². The quantitative estimate of drug-likeness (QED) is 0.731. The molecule has 0 N–H and O–H groups in total. The first-order valence-electron chi connectivity index (χ1n) is 5.32. The summed E-state index contributed by atoms with van der Waals surface area (Å²) >= 11 is 0. The fourth-order valence-electron chi connectivity index (χ4n) is 1.77. The summed E-state index contributed by atoms with van der Waals surface area (Å²) in [7, 11) is 0. The van der Waals surface area contributed by atoms with Crippen LogP contribution < -0.4 is 0 Å². The number of hydrogen-bond acceptors (Lipinski definition) is 3. The van der Waals surface area contributed by atoms with Crippen molar-refractivity contribution in [1.82, 2.24) is 0 Å². The van der Waals surface area contributed by atoms with Crippen molar-refractivity contribution in [3.05, 3.63) is 41.5 Å². The van der Waals surface area contributed by atoms with E-state index in [1.54, 1.807) is 6.92 Å². The second-order valence-electron chi connectivity index (χ2n) is 3.60. The van der Waals surface area contributed by atoms with Crippen LogP contribution in [0.3, 0.4) is 0 Å². The van der Waals surface area contributed by atoms with Crippen molar-refractivity contribution in [3.63, 3.8) is 0 Å². The van der Waals surface area contributed by atoms with Crippen LogP contribution in [0.25, 0.3) is 5.57 Å². The van der Waals surface area contributed by atoms with E-state index in [0.29, 0.717) is 12.2 Å². The SMILES string of the molecule is CCOC1OC(=O)C(C)=C1c1ccccc1. The highest BCUT2D eigenvalue weighted by molar-refractivity contribution is 6.01. The van der Waals surface area contributed by atoms with E-state index in [2.05, 4.69) is 0 Å². The second kappa shape index (κ2) is 4.49. The smallest absolute Gasteiger partial charge is 0.336 e. The Bertz CT molecular complexity index is 420. The van der Waals surface area contributed by atoms with E-state index in [9.17, 15) is 4.79 Å². The summed E-state index contributed by atoms with van der Waals surface area (Å²) in [6, 6.07) is 9.70. The lowest BCUT2D eigenvalue weighted by Crippen LogP contribution is -2.15. The van der Waals surface area contributed by atoms with Crippen molar-refractivity contribution in [3.8, 4) is 0 Å². The highest BCUT2D eigenvalue weighted by Gasteiger charge is 2.32. The third kappa shape index (κ3) is 1.86. The summed E-state index contributed by atoms with van der Waals surface area (Å²) in [5.41, 5.74) is 2.45. The number of hydrogen-bond donors (Lipinski definition) is 0. The van der Waals surface area contributed by atoms with Crippen molar-refractivity contribution in [2.75, 3.05) is 6.61 Å². The van der Waals surface area contributed by atoms with Gasteiger partial charge < -0.3 is 9.47 Å². The third-order valence-corrected chi connectivity index (χ3v) is 2.56. The zero-order valence-electron chi connectivity index (χ0n) is 9.40. The van der Waals surface area contributed by atoms with Crippen LogP contribution in [0.2, 0.25) is 0 Å². The minimum absolute atomic E-state index is 0.294. The van der Waals surface area contributed by atoms with E-state index >= 15 is 0 Å². The predicted molar refractivity (Wildman–Crippen MR) is 60.5 cm³/mol. The first-order chi connectivity index (χ1) is 7.74. The summed E-state index contributed by atoms with van der Waals surface area (Å²) in [5, 5.41) is 0. The Morgan fingerprint density at radius 1 is 1.31 bits per heavy atom. The van der Waals surface area contributed by atoms with Crippen LogP contribution in [0.5, 0.6) is 0 Å². The van der Waals surface area contributed by atoms with Crippen LogP contribution in [0, 0.1) is 0 Å². The molecule has 0 saturated carbocycles. The molecule has 0 aromatic heterocycles. The topological polar surface area (TPSA) is 35.5 Å². The number of rotatable bonds is 3. The van der Waals surface area contributed by atoms with E-state index in [0.717, 1.165) is 11.1 Å². The average molecular weight is 218 g/mol. The number of carbonyl (C=O) groups excluding carboxylic acids is 1. The predicted octanol–water partition coefficient (Wildman–Crippen LogP) is 2.38. The molecule has 84 valence electrons. The van der Waals surface area contributed by atoms with Gasteiger partial charge in [0.25, 0.3) is 0 Å². The zero-order valence-corrected chi connectivity index (χ0v) is 9.40. The molecule has 16 heavy (non-hydrogen) atoms. The van der Waals surface area contributed by atoms with Crippen molar-refractivity contribution in [2.45, 2.75) is 20.1 Å². The fraction of sp³-hybridized carbons (Fsp3) is 0.308. The van der Waals surface area contributed by atoms with Gasteiger partial charge in [-0.25, -0.2) is 4.79 Å². The van der Waals surface area contributed by atoms with Gasteiger partial charge in [-0.15, -0.1) is 0 Å². The van der Waals surface area contributed by atoms with Crippen LogP contribution in [0.4, 0.5) is 0 Å². The fourth-order valence-corrected chi connectivity index (χ4v) is 1.77. The minimum Gasteiger partial charge on any atom is -0.428 e. The van der Waals surface area contributed by atoms with Gasteiger partial charge >= 0.3 is 5.97 Å². The first-order valence-corrected chi connectivity index (χ1v) is 5.32. The molecule has 0 radical (unpaired) electrons. The van der Waals surface area contributed by atoms with Crippen LogP contribution in [0.1, 0.15) is 19.4 Å². The molecule has 1 aromatic rings. The summed E-state index contributed by atoms with van der Waals surface area (Å²) in [6.07, 6.45) is -0.556. The summed E-state index contributed by atoms with van der Waals surface area (Å²) in [6.45, 7) is 4.16. The molecule has 2 rings (SSSR count). The van der Waals surface area contributed by atoms with Gasteiger partial charge in [0.15, 0.2) is 0 Å². The summed E-state index contributed by atoms with van der Waals surface area (Å²) < 4.78 is 10.6. The van der Waals surface area contributed by atoms with E-state index in [-0.39, 0.29) is 5.97 Å². The van der Waals surface area contributed by atoms with Gasteiger partial charge in [0.2, 0.25) is 6.29 Å². The van der Waals surface area contributed by atoms with Gasteiger partial charge in [-0.05, 0) is 19.4 Å². The molecule has 0 fully saturated rings. The number of carbonyl (C=O) groups is 1. The highest BCUT2D eigenvalue weighted by atomic mass is 16.7. The van der Waals surface area contributed by atoms with E-state index in [1.165, 1.54) is 0 Å². The Kier molecular flexibility index (Phi) is 3.06. The molecule has 1 unspecified atom stereocenters. The lowest BCUT2D eigenvalue weighted by molar-refractivity contribution is -0.156. The largest absolute Gasteiger partial charge is 0.428 e. The molecule has 1 aromatic carbocycles. The highest BCUT2D eigenvalue weighted by Crippen LogP contribution is 2.31. The van der Waals surface area contributed by atoms with Crippen molar-refractivity contribution in [1.29, 1.82) is 0 Å². The molecule has 1 aliphatic rings. The maximum atomic E-state index is 11.5. The number of cyclic esters (lactones) is 1. The molecule has 0 bridgehead atoms. The normalized spacial score (nSPS) is 20.1. The summed E-state index contributed by atoms with van der Waals surface area (Å²) in [5.74, 6) is -0.294. The summed E-state index contributed by atoms with van der Waals surface area (Å²) in [4.78, 5) is 11.5. The van der Waals surface area contributed by atoms with Crippen molar-refractivity contribution < 1.29 is 14.3 Å². The van der Waals surface area contributed by atoms with Gasteiger partial charge in [-0.2, -0.15) is 0 Å². The van der Waals surface area contributed by atoms with Gasteiger partial charge in [-0.1, -0.05) is 30.3 Å². The van der Waals surface area contributed by atoms with Gasteiger partial charge in [0.05, 0.1) is 0 Å². The molecular weight excluding hydrogens is 204 g/mol. The first kappa shape index (κ1) is 10.9. The molecule has 1 heterocycles. The zero-order chi connectivity index (χ0) is 11.5. The molecule has 1 aliphatic heterocycles. The Morgan fingerprint density at radius 2 is 2.00 bits per heavy atom. The molecular formula is C13H14O3. The van der Waals surface area contributed by atoms with Crippen molar-refractivity contribution >= 4 is 11.5 Å². The second-order valence-corrected chi connectivity index (χ2v) is 3.60. The standard InChI is InChI=1S/C13H14O3/c1-3-15-13-11(9(2)12(14)16-13)10-7-5-4-6-8-10/h4-8,13H,3H2,1-2H3. The lowest BCUT2D eigenvalue weighted by Gasteiger charge is -2.13. The van der Waals surface area contributed by atoms with E-state index in [1.807, 2.05) is 37.3 Å². The van der Waals surface area contributed by atoms with Crippen LogP contribution in [-0.2, 0) is 14.3 Å². The Morgan fingerprint density at radius 3 is 2.62 bits per heavy atom. The minimum atomic E-state index is -0.556. The van der Waals surface area contributed by atoms with Gasteiger partial charge in [0.1, 0.15) is 0 Å². The Labute approximate surface area is 94.7 Å². The van der Waals surface area contributed by atoms with Crippen LogP contribution >= 0.6 is 0 Å². The third-order valence-electron chi connectivity index (χ3n) is 2.56. The molecule has 0 spiro atoms. The molecule has 1 atom stereocenters. The van der Waals surface area contributed by atoms with Crippen LogP contribution in [-0.4, -0.2) is 18.9 Å². The molecule has 0 aliphatic carbocycles. The molecule has 0 saturated heterocycles. The Hall–Kier alpha value is -1.61. The number of ether oxygens (including phenoxy) is 2. The average Bonchev–Trinajstić information content (AvgIpc) is 2.57. The monoisotopic (exact) mass is 218 g/mol. The van der Waals surface area contributed by atoms with Crippen LogP contribution in [0.15, 0.2) is 35.9 Å². The molecule has 3 heteroatoms. The van der Waals surface area contributed by atoms with Crippen molar-refractivity contribution in [2.24, 2.45) is 0 Å². The van der Waals surface area contributed by atoms with E-state index in [4.69, 9.17) is 9.47 Å². The number of benzene rings is 1. The maximum absolute atomic E-state index is 11.5. The van der Waals surface area contributed by atoms with E-state index < -0.39 is 6.29 Å². The number of esters is 1. The van der Waals surface area contributed by atoms with Gasteiger partial charge in [-0.3, -0.25) is 0 Å². The lowest BCUT2D eigenvalue weighted by atomic mass is 10.0. The molecule has 0 amide bonds. The molecule has 3 nitrogen and oxygen atoms in total. The maximum Gasteiger partial charge on any atom is 0.336 e. The Balaban J connectivity index is 2.39.